The number of halogens is 1. The number of para-hydroxylation sites is 1. The molecule has 6 nitrogen and oxygen atoms in total. The Morgan fingerprint density at radius 2 is 2.08 bits per heavy atom. The molecule has 0 spiro atoms. The molecule has 2 heterocycles. The molecular formula is C18H16ClN3O3. The van der Waals surface area contributed by atoms with Gasteiger partial charge in [0.1, 0.15) is 11.2 Å². The number of amides is 1. The van der Waals surface area contributed by atoms with Crippen molar-refractivity contribution in [3.05, 3.63) is 65.1 Å². The van der Waals surface area contributed by atoms with E-state index >= 15 is 0 Å². The number of aromatic amines is 1. The lowest BCUT2D eigenvalue weighted by molar-refractivity contribution is -0.142. The smallest absolute Gasteiger partial charge is 0.328 e. The molecule has 1 aromatic carbocycles. The molecule has 0 aliphatic carbocycles. The van der Waals surface area contributed by atoms with Crippen LogP contribution in [0.4, 0.5) is 0 Å². The van der Waals surface area contributed by atoms with Crippen LogP contribution in [0, 0.1) is 0 Å². The number of esters is 1. The quantitative estimate of drug-likeness (QED) is 0.543. The third-order valence-electron chi connectivity index (χ3n) is 3.89. The van der Waals surface area contributed by atoms with Gasteiger partial charge in [0, 0.05) is 29.7 Å². The van der Waals surface area contributed by atoms with Crippen molar-refractivity contribution in [2.75, 3.05) is 7.11 Å². The lowest BCUT2D eigenvalue weighted by Crippen LogP contribution is -2.43. The van der Waals surface area contributed by atoms with E-state index in [1.54, 1.807) is 12.1 Å². The largest absolute Gasteiger partial charge is 0.467 e. The maximum absolute atomic E-state index is 12.4. The van der Waals surface area contributed by atoms with Crippen molar-refractivity contribution in [2.45, 2.75) is 12.5 Å². The number of hydrogen-bond acceptors (Lipinski definition) is 4. The maximum Gasteiger partial charge on any atom is 0.328 e. The topological polar surface area (TPSA) is 84.1 Å². The molecule has 0 unspecified atom stereocenters. The van der Waals surface area contributed by atoms with Crippen LogP contribution in [0.3, 0.4) is 0 Å². The van der Waals surface area contributed by atoms with Gasteiger partial charge in [-0.3, -0.25) is 4.79 Å². The molecule has 2 N–H and O–H groups in total. The molecule has 0 aliphatic rings. The van der Waals surface area contributed by atoms with Gasteiger partial charge >= 0.3 is 5.97 Å². The summed E-state index contributed by atoms with van der Waals surface area (Å²) in [5.41, 5.74) is 2.07. The third-order valence-corrected chi connectivity index (χ3v) is 4.19. The fraction of sp³-hybridized carbons (Fsp3) is 0.167. The number of methoxy groups -OCH3 is 1. The van der Waals surface area contributed by atoms with Crippen LogP contribution in [-0.4, -0.2) is 35.0 Å². The minimum atomic E-state index is -0.840. The zero-order valence-corrected chi connectivity index (χ0v) is 14.2. The number of H-pyrrole nitrogens is 1. The molecular weight excluding hydrogens is 342 g/mol. The minimum Gasteiger partial charge on any atom is -0.467 e. The van der Waals surface area contributed by atoms with E-state index in [0.717, 1.165) is 16.5 Å². The molecule has 25 heavy (non-hydrogen) atoms. The van der Waals surface area contributed by atoms with E-state index in [1.807, 2.05) is 30.5 Å². The van der Waals surface area contributed by atoms with Crippen LogP contribution >= 0.6 is 11.6 Å². The molecule has 3 aromatic rings. The molecule has 1 amide bonds. The van der Waals surface area contributed by atoms with E-state index in [4.69, 9.17) is 16.3 Å². The van der Waals surface area contributed by atoms with E-state index in [-0.39, 0.29) is 10.7 Å². The monoisotopic (exact) mass is 357 g/mol. The molecule has 0 radical (unpaired) electrons. The Morgan fingerprint density at radius 3 is 2.84 bits per heavy atom. The van der Waals surface area contributed by atoms with Gasteiger partial charge in [0.2, 0.25) is 0 Å². The normalized spacial score (nSPS) is 11.9. The predicted molar refractivity (Wildman–Crippen MR) is 94.5 cm³/mol. The minimum absolute atomic E-state index is 0.0794. The van der Waals surface area contributed by atoms with E-state index in [1.165, 1.54) is 13.3 Å². The Morgan fingerprint density at radius 1 is 1.28 bits per heavy atom. The fourth-order valence-electron chi connectivity index (χ4n) is 2.65. The number of nitrogens with one attached hydrogen (secondary N) is 2. The second-order valence-corrected chi connectivity index (χ2v) is 5.81. The SMILES string of the molecule is COC(=O)[C@H](Cc1c[nH]c2ccccc12)NC(=O)c1cccnc1Cl. The second kappa shape index (κ2) is 7.36. The number of carbonyl (C=O) groups is 2. The van der Waals surface area contributed by atoms with E-state index in [2.05, 4.69) is 15.3 Å². The van der Waals surface area contributed by atoms with Crippen LogP contribution in [0.1, 0.15) is 15.9 Å². The Bertz CT molecular complexity index is 923. The Labute approximate surface area is 149 Å². The highest BCUT2D eigenvalue weighted by atomic mass is 35.5. The average molecular weight is 358 g/mol. The van der Waals surface area contributed by atoms with Gasteiger partial charge in [0.25, 0.3) is 5.91 Å². The number of carbonyl (C=O) groups excluding carboxylic acids is 2. The van der Waals surface area contributed by atoms with Crippen molar-refractivity contribution >= 4 is 34.4 Å². The second-order valence-electron chi connectivity index (χ2n) is 5.45. The zero-order valence-electron chi connectivity index (χ0n) is 13.5. The Balaban J connectivity index is 1.84. The summed E-state index contributed by atoms with van der Waals surface area (Å²) in [6.07, 6.45) is 3.60. The van der Waals surface area contributed by atoms with Crippen molar-refractivity contribution in [3.8, 4) is 0 Å². The maximum atomic E-state index is 12.4. The first-order valence-electron chi connectivity index (χ1n) is 7.64. The van der Waals surface area contributed by atoms with Crippen LogP contribution in [0.2, 0.25) is 5.15 Å². The van der Waals surface area contributed by atoms with Crippen LogP contribution in [0.15, 0.2) is 48.8 Å². The number of ether oxygens (including phenoxy) is 1. The standard InChI is InChI=1S/C18H16ClN3O3/c1-25-18(24)15(22-17(23)13-6-4-8-20-16(13)19)9-11-10-21-14-7-3-2-5-12(11)14/h2-8,10,15,21H,9H2,1H3,(H,22,23)/t15-/m0/s1. The molecule has 7 heteroatoms. The molecule has 2 aromatic heterocycles. The van der Waals surface area contributed by atoms with Gasteiger partial charge in [0.15, 0.2) is 0 Å². The highest BCUT2D eigenvalue weighted by Gasteiger charge is 2.24. The molecule has 0 aliphatic heterocycles. The fourth-order valence-corrected chi connectivity index (χ4v) is 2.85. The summed E-state index contributed by atoms with van der Waals surface area (Å²) >= 11 is 5.94. The van der Waals surface area contributed by atoms with Gasteiger partial charge in [-0.25, -0.2) is 9.78 Å². The van der Waals surface area contributed by atoms with Crippen LogP contribution in [0.25, 0.3) is 10.9 Å². The van der Waals surface area contributed by atoms with Gasteiger partial charge < -0.3 is 15.0 Å². The molecule has 0 fully saturated rings. The molecule has 0 saturated carbocycles. The number of benzene rings is 1. The summed E-state index contributed by atoms with van der Waals surface area (Å²) in [6.45, 7) is 0. The van der Waals surface area contributed by atoms with Gasteiger partial charge in [-0.15, -0.1) is 0 Å². The first kappa shape index (κ1) is 17.0. The van der Waals surface area contributed by atoms with Crippen LogP contribution in [-0.2, 0) is 16.0 Å². The number of pyridine rings is 1. The van der Waals surface area contributed by atoms with Crippen LogP contribution < -0.4 is 5.32 Å². The van der Waals surface area contributed by atoms with Gasteiger partial charge in [0.05, 0.1) is 12.7 Å². The summed E-state index contributed by atoms with van der Waals surface area (Å²) in [4.78, 5) is 31.6. The summed E-state index contributed by atoms with van der Waals surface area (Å²) in [7, 11) is 1.29. The number of aromatic nitrogens is 2. The number of rotatable bonds is 5. The number of hydrogen-bond donors (Lipinski definition) is 2. The van der Waals surface area contributed by atoms with Crippen LogP contribution in [0.5, 0.6) is 0 Å². The predicted octanol–water partition coefficient (Wildman–Crippen LogP) is 2.73. The Hall–Kier alpha value is -2.86. The van der Waals surface area contributed by atoms with E-state index < -0.39 is 17.9 Å². The van der Waals surface area contributed by atoms with Gasteiger partial charge in [-0.2, -0.15) is 0 Å². The zero-order chi connectivity index (χ0) is 17.8. The molecule has 1 atom stereocenters. The molecule has 3 rings (SSSR count). The summed E-state index contributed by atoms with van der Waals surface area (Å²) in [5.74, 6) is -1.01. The average Bonchev–Trinajstić information content (AvgIpc) is 3.04. The molecule has 0 saturated heterocycles. The van der Waals surface area contributed by atoms with Crippen molar-refractivity contribution in [1.29, 1.82) is 0 Å². The first-order chi connectivity index (χ1) is 12.1. The Kier molecular flexibility index (Phi) is 5.00. The van der Waals surface area contributed by atoms with E-state index in [0.29, 0.717) is 6.42 Å². The van der Waals surface area contributed by atoms with Crippen molar-refractivity contribution in [1.82, 2.24) is 15.3 Å². The van der Waals surface area contributed by atoms with Gasteiger partial charge in [-0.1, -0.05) is 29.8 Å². The summed E-state index contributed by atoms with van der Waals surface area (Å²) in [6, 6.07) is 10.1. The van der Waals surface area contributed by atoms with E-state index in [9.17, 15) is 9.59 Å². The summed E-state index contributed by atoms with van der Waals surface area (Å²) in [5, 5.41) is 3.75. The number of nitrogens with zero attached hydrogens (tertiary/aromatic N) is 1. The van der Waals surface area contributed by atoms with Crippen molar-refractivity contribution in [2.24, 2.45) is 0 Å². The van der Waals surface area contributed by atoms with Crippen molar-refractivity contribution in [3.63, 3.8) is 0 Å². The van der Waals surface area contributed by atoms with Gasteiger partial charge in [-0.05, 0) is 23.8 Å². The third kappa shape index (κ3) is 3.64. The summed E-state index contributed by atoms with van der Waals surface area (Å²) < 4.78 is 4.83. The number of fused-ring (bicyclic) bond motifs is 1. The highest BCUT2D eigenvalue weighted by Crippen LogP contribution is 2.20. The highest BCUT2D eigenvalue weighted by molar-refractivity contribution is 6.32. The first-order valence-corrected chi connectivity index (χ1v) is 8.02. The lowest BCUT2D eigenvalue weighted by atomic mass is 10.0. The van der Waals surface area contributed by atoms with Crippen molar-refractivity contribution < 1.29 is 14.3 Å². The molecule has 128 valence electrons. The lowest BCUT2D eigenvalue weighted by Gasteiger charge is -2.16. The molecule has 0 bridgehead atoms.